The zero-order chi connectivity index (χ0) is 16.4. The molecule has 8 heteroatoms. The van der Waals surface area contributed by atoms with E-state index in [0.29, 0.717) is 26.3 Å². The van der Waals surface area contributed by atoms with Crippen LogP contribution in [0.4, 0.5) is 0 Å². The molecule has 2 aliphatic rings. The molecule has 1 aromatic heterocycles. The fourth-order valence-corrected chi connectivity index (χ4v) is 5.63. The third kappa shape index (κ3) is 3.05. The van der Waals surface area contributed by atoms with Gasteiger partial charge >= 0.3 is 0 Å². The third-order valence-corrected chi connectivity index (χ3v) is 6.91. The molecule has 1 saturated carbocycles. The Morgan fingerprint density at radius 3 is 3.00 bits per heavy atom. The number of aromatic nitrogens is 2. The molecule has 1 saturated heterocycles. The second-order valence-electron chi connectivity index (χ2n) is 6.11. The van der Waals surface area contributed by atoms with Crippen molar-refractivity contribution in [3.05, 3.63) is 12.3 Å². The highest BCUT2D eigenvalue weighted by Gasteiger charge is 2.44. The van der Waals surface area contributed by atoms with Gasteiger partial charge in [-0.2, -0.15) is 9.40 Å². The fraction of sp³-hybridized carbons (Fsp3) is 0.800. The smallest absolute Gasteiger partial charge is 0.260 e. The molecule has 2 fully saturated rings. The lowest BCUT2D eigenvalue weighted by molar-refractivity contribution is -0.0261. The molecule has 2 heterocycles. The van der Waals surface area contributed by atoms with Gasteiger partial charge in [0.25, 0.3) is 10.0 Å². The van der Waals surface area contributed by atoms with Gasteiger partial charge in [0.15, 0.2) is 5.03 Å². The van der Waals surface area contributed by atoms with E-state index in [-0.39, 0.29) is 23.1 Å². The predicted octanol–water partition coefficient (Wildman–Crippen LogP) is 1.11. The average Bonchev–Trinajstić information content (AvgIpc) is 3.23. The Morgan fingerprint density at radius 2 is 2.26 bits per heavy atom. The van der Waals surface area contributed by atoms with E-state index in [0.717, 1.165) is 19.3 Å². The van der Waals surface area contributed by atoms with Gasteiger partial charge in [-0.1, -0.05) is 6.42 Å². The Morgan fingerprint density at radius 1 is 1.43 bits per heavy atom. The SMILES string of the molecule is CCn1nccc1S(=O)(=O)N1CCOC[C@@H]1[C@@H]1CCC[C@@H]1OC. The van der Waals surface area contributed by atoms with Gasteiger partial charge in [-0.3, -0.25) is 4.68 Å². The highest BCUT2D eigenvalue weighted by molar-refractivity contribution is 7.89. The molecule has 3 rings (SSSR count). The van der Waals surface area contributed by atoms with E-state index in [4.69, 9.17) is 9.47 Å². The summed E-state index contributed by atoms with van der Waals surface area (Å²) in [6.45, 7) is 3.67. The zero-order valence-corrected chi connectivity index (χ0v) is 14.5. The molecule has 1 aromatic rings. The summed E-state index contributed by atoms with van der Waals surface area (Å²) in [5, 5.41) is 4.37. The van der Waals surface area contributed by atoms with Gasteiger partial charge in [-0.15, -0.1) is 0 Å². The van der Waals surface area contributed by atoms with Crippen LogP contribution in [0.1, 0.15) is 26.2 Å². The van der Waals surface area contributed by atoms with Crippen LogP contribution in [-0.4, -0.2) is 61.5 Å². The van der Waals surface area contributed by atoms with Crippen LogP contribution < -0.4 is 0 Å². The molecule has 1 aliphatic heterocycles. The fourth-order valence-electron chi connectivity index (χ4n) is 3.83. The van der Waals surface area contributed by atoms with E-state index in [1.165, 1.54) is 4.68 Å². The summed E-state index contributed by atoms with van der Waals surface area (Å²) < 4.78 is 40.6. The van der Waals surface area contributed by atoms with Gasteiger partial charge in [0, 0.05) is 26.1 Å². The molecule has 3 atom stereocenters. The van der Waals surface area contributed by atoms with Crippen LogP contribution in [-0.2, 0) is 26.0 Å². The van der Waals surface area contributed by atoms with Crippen LogP contribution in [0.15, 0.2) is 17.3 Å². The molecule has 0 unspecified atom stereocenters. The van der Waals surface area contributed by atoms with Crippen molar-refractivity contribution in [2.45, 2.75) is 49.9 Å². The van der Waals surface area contributed by atoms with E-state index in [1.807, 2.05) is 6.92 Å². The lowest BCUT2D eigenvalue weighted by atomic mass is 9.96. The summed E-state index contributed by atoms with van der Waals surface area (Å²) in [4.78, 5) is 0. The van der Waals surface area contributed by atoms with Gasteiger partial charge in [0.2, 0.25) is 0 Å². The molecule has 130 valence electrons. The number of methoxy groups -OCH3 is 1. The van der Waals surface area contributed by atoms with Crippen LogP contribution in [0, 0.1) is 5.92 Å². The van der Waals surface area contributed by atoms with E-state index in [2.05, 4.69) is 5.10 Å². The van der Waals surface area contributed by atoms with Crippen molar-refractivity contribution in [1.82, 2.24) is 14.1 Å². The number of hydrogen-bond donors (Lipinski definition) is 0. The molecule has 0 radical (unpaired) electrons. The lowest BCUT2D eigenvalue weighted by Gasteiger charge is -2.39. The quantitative estimate of drug-likeness (QED) is 0.801. The maximum atomic E-state index is 13.2. The Hall–Kier alpha value is -0.960. The molecule has 7 nitrogen and oxygen atoms in total. The van der Waals surface area contributed by atoms with Crippen LogP contribution in [0.2, 0.25) is 0 Å². The van der Waals surface area contributed by atoms with Crippen LogP contribution in [0.5, 0.6) is 0 Å². The van der Waals surface area contributed by atoms with Gasteiger partial charge in [0.1, 0.15) is 0 Å². The first-order valence-electron chi connectivity index (χ1n) is 8.23. The average molecular weight is 343 g/mol. The van der Waals surface area contributed by atoms with E-state index in [9.17, 15) is 8.42 Å². The normalized spacial score (nSPS) is 29.9. The van der Waals surface area contributed by atoms with Crippen molar-refractivity contribution in [2.75, 3.05) is 26.9 Å². The molecule has 0 amide bonds. The predicted molar refractivity (Wildman–Crippen MR) is 84.5 cm³/mol. The number of hydrogen-bond acceptors (Lipinski definition) is 5. The van der Waals surface area contributed by atoms with Crippen molar-refractivity contribution >= 4 is 10.0 Å². The lowest BCUT2D eigenvalue weighted by Crippen LogP contribution is -2.53. The molecular formula is C15H25N3O4S. The maximum absolute atomic E-state index is 13.2. The van der Waals surface area contributed by atoms with Gasteiger partial charge < -0.3 is 9.47 Å². The van der Waals surface area contributed by atoms with Crippen molar-refractivity contribution in [3.63, 3.8) is 0 Å². The van der Waals surface area contributed by atoms with E-state index in [1.54, 1.807) is 23.7 Å². The number of aryl methyl sites for hydroxylation is 1. The third-order valence-electron chi connectivity index (χ3n) is 4.97. The molecule has 0 N–H and O–H groups in total. The number of sulfonamides is 1. The minimum absolute atomic E-state index is 0.107. The Kier molecular flexibility index (Phi) is 5.05. The first kappa shape index (κ1) is 16.9. The molecule has 0 bridgehead atoms. The van der Waals surface area contributed by atoms with Crippen LogP contribution in [0.25, 0.3) is 0 Å². The number of ether oxygens (including phenoxy) is 2. The molecule has 1 aliphatic carbocycles. The highest BCUT2D eigenvalue weighted by Crippen LogP contribution is 2.36. The first-order chi connectivity index (χ1) is 11.1. The summed E-state index contributed by atoms with van der Waals surface area (Å²) >= 11 is 0. The van der Waals surface area contributed by atoms with E-state index < -0.39 is 10.0 Å². The van der Waals surface area contributed by atoms with Crippen LogP contribution >= 0.6 is 0 Å². The Bertz CT molecular complexity index is 630. The van der Waals surface area contributed by atoms with Gasteiger partial charge in [-0.05, 0) is 25.8 Å². The summed E-state index contributed by atoms with van der Waals surface area (Å²) in [5.41, 5.74) is 0. The molecule has 0 aromatic carbocycles. The Labute approximate surface area is 137 Å². The first-order valence-corrected chi connectivity index (χ1v) is 9.67. The summed E-state index contributed by atoms with van der Waals surface area (Å²) in [5.74, 6) is 0.188. The maximum Gasteiger partial charge on any atom is 0.260 e. The standard InChI is InChI=1S/C15H25N3O4S/c1-3-17-15(7-8-16-17)23(19,20)18-9-10-22-11-13(18)12-5-4-6-14(12)21-2/h7-8,12-14H,3-6,9-11H2,1-2H3/t12-,13+,14-/m0/s1. The second kappa shape index (κ2) is 6.88. The van der Waals surface area contributed by atoms with Crippen molar-refractivity contribution < 1.29 is 17.9 Å². The summed E-state index contributed by atoms with van der Waals surface area (Å²) in [7, 11) is -1.88. The molecule has 0 spiro atoms. The molecular weight excluding hydrogens is 318 g/mol. The molecule has 23 heavy (non-hydrogen) atoms. The van der Waals surface area contributed by atoms with Crippen molar-refractivity contribution in [3.8, 4) is 0 Å². The second-order valence-corrected chi connectivity index (χ2v) is 7.95. The van der Waals surface area contributed by atoms with Crippen molar-refractivity contribution in [1.29, 1.82) is 0 Å². The minimum atomic E-state index is -3.58. The van der Waals surface area contributed by atoms with Gasteiger partial charge in [-0.25, -0.2) is 8.42 Å². The van der Waals surface area contributed by atoms with E-state index >= 15 is 0 Å². The topological polar surface area (TPSA) is 73.7 Å². The largest absolute Gasteiger partial charge is 0.381 e. The summed E-state index contributed by atoms with van der Waals surface area (Å²) in [6.07, 6.45) is 4.68. The van der Waals surface area contributed by atoms with Crippen molar-refractivity contribution in [2.24, 2.45) is 5.92 Å². The number of nitrogens with zero attached hydrogens (tertiary/aromatic N) is 3. The summed E-state index contributed by atoms with van der Waals surface area (Å²) in [6, 6.07) is 1.41. The number of rotatable bonds is 5. The highest BCUT2D eigenvalue weighted by atomic mass is 32.2. The zero-order valence-electron chi connectivity index (χ0n) is 13.7. The van der Waals surface area contributed by atoms with Crippen LogP contribution in [0.3, 0.4) is 0 Å². The monoisotopic (exact) mass is 343 g/mol. The number of morpholine rings is 1. The Balaban J connectivity index is 1.92. The van der Waals surface area contributed by atoms with Gasteiger partial charge in [0.05, 0.1) is 31.6 Å². The minimum Gasteiger partial charge on any atom is -0.381 e.